The van der Waals surface area contributed by atoms with Crippen LogP contribution in [0.1, 0.15) is 36.8 Å². The van der Waals surface area contributed by atoms with E-state index in [1.54, 1.807) is 7.11 Å². The first-order valence-corrected chi connectivity index (χ1v) is 9.83. The number of carbonyl (C=O) groups excluding carboxylic acids is 1. The molecule has 2 heterocycles. The van der Waals surface area contributed by atoms with Crippen LogP contribution >= 0.6 is 0 Å². The van der Waals surface area contributed by atoms with E-state index in [0.29, 0.717) is 11.8 Å². The number of carbonyl (C=O) groups is 1. The van der Waals surface area contributed by atoms with Gasteiger partial charge in [0.05, 0.1) is 6.61 Å². The van der Waals surface area contributed by atoms with Gasteiger partial charge >= 0.3 is 0 Å². The van der Waals surface area contributed by atoms with E-state index in [1.165, 1.54) is 30.4 Å². The second kappa shape index (κ2) is 7.08. The Morgan fingerprint density at radius 2 is 1.80 bits per heavy atom. The van der Waals surface area contributed by atoms with Crippen molar-refractivity contribution in [3.63, 3.8) is 0 Å². The molecule has 2 aliphatic heterocycles. The lowest BCUT2D eigenvalue weighted by Gasteiger charge is -2.44. The highest BCUT2D eigenvalue weighted by molar-refractivity contribution is 5.88. The van der Waals surface area contributed by atoms with E-state index < -0.39 is 0 Å². The molecule has 136 valence electrons. The summed E-state index contributed by atoms with van der Waals surface area (Å²) in [5.74, 6) is 0.861. The van der Waals surface area contributed by atoms with Crippen LogP contribution in [0.3, 0.4) is 0 Å². The van der Waals surface area contributed by atoms with E-state index in [0.717, 1.165) is 52.0 Å². The van der Waals surface area contributed by atoms with Crippen LogP contribution in [0.5, 0.6) is 0 Å². The molecule has 0 N–H and O–H groups in total. The van der Waals surface area contributed by atoms with Crippen molar-refractivity contribution in [3.05, 3.63) is 35.4 Å². The maximum Gasteiger partial charge on any atom is 0.243 e. The van der Waals surface area contributed by atoms with Crippen LogP contribution in [0.4, 0.5) is 0 Å². The predicted molar refractivity (Wildman–Crippen MR) is 98.6 cm³/mol. The van der Waals surface area contributed by atoms with Gasteiger partial charge in [-0.2, -0.15) is 0 Å². The van der Waals surface area contributed by atoms with Crippen molar-refractivity contribution in [1.29, 1.82) is 0 Å². The molecule has 1 aromatic rings. The number of methoxy groups -OCH3 is 1. The summed E-state index contributed by atoms with van der Waals surface area (Å²) in [6.07, 6.45) is 6.58. The molecule has 1 aromatic carbocycles. The molecule has 2 fully saturated rings. The lowest BCUT2D eigenvalue weighted by molar-refractivity contribution is -0.144. The van der Waals surface area contributed by atoms with E-state index in [2.05, 4.69) is 34.1 Å². The Morgan fingerprint density at radius 3 is 2.44 bits per heavy atom. The molecule has 0 saturated carbocycles. The van der Waals surface area contributed by atoms with Gasteiger partial charge in [0, 0.05) is 39.0 Å². The molecule has 0 radical (unpaired) electrons. The molecule has 0 aromatic heterocycles. The first-order chi connectivity index (χ1) is 12.2. The van der Waals surface area contributed by atoms with Crippen LogP contribution in [-0.2, 0) is 22.4 Å². The molecule has 4 nitrogen and oxygen atoms in total. The minimum absolute atomic E-state index is 0.341. The van der Waals surface area contributed by atoms with Gasteiger partial charge in [0.1, 0.15) is 5.54 Å². The van der Waals surface area contributed by atoms with Crippen LogP contribution < -0.4 is 0 Å². The smallest absolute Gasteiger partial charge is 0.243 e. The van der Waals surface area contributed by atoms with Crippen LogP contribution in [0.15, 0.2) is 24.3 Å². The predicted octanol–water partition coefficient (Wildman–Crippen LogP) is 2.50. The zero-order valence-electron chi connectivity index (χ0n) is 15.4. The van der Waals surface area contributed by atoms with Gasteiger partial charge in [-0.15, -0.1) is 0 Å². The minimum atomic E-state index is -0.341. The highest BCUT2D eigenvalue weighted by Gasteiger charge is 2.50. The van der Waals surface area contributed by atoms with E-state index in [-0.39, 0.29) is 5.54 Å². The Kier molecular flexibility index (Phi) is 4.83. The SMILES string of the molecule is COC[C@H]1CCN(C(=O)C2(N3CCCCC3)Cc3ccccc3C2)C1. The molecule has 1 amide bonds. The van der Waals surface area contributed by atoms with Gasteiger partial charge < -0.3 is 9.64 Å². The zero-order valence-corrected chi connectivity index (χ0v) is 15.4. The molecule has 4 heteroatoms. The Morgan fingerprint density at radius 1 is 1.12 bits per heavy atom. The number of piperidine rings is 1. The molecule has 25 heavy (non-hydrogen) atoms. The fourth-order valence-electron chi connectivity index (χ4n) is 5.11. The van der Waals surface area contributed by atoms with Crippen molar-refractivity contribution < 1.29 is 9.53 Å². The first-order valence-electron chi connectivity index (χ1n) is 9.83. The normalized spacial score (nSPS) is 26.0. The van der Waals surface area contributed by atoms with Crippen molar-refractivity contribution >= 4 is 5.91 Å². The summed E-state index contributed by atoms with van der Waals surface area (Å²) in [6.45, 7) is 4.64. The summed E-state index contributed by atoms with van der Waals surface area (Å²) in [4.78, 5) is 18.4. The Bertz CT molecular complexity index is 599. The summed E-state index contributed by atoms with van der Waals surface area (Å²) in [7, 11) is 1.76. The van der Waals surface area contributed by atoms with Crippen LogP contribution in [-0.4, -0.2) is 61.1 Å². The number of hydrogen-bond donors (Lipinski definition) is 0. The van der Waals surface area contributed by atoms with Gasteiger partial charge in [0.15, 0.2) is 0 Å². The Balaban J connectivity index is 1.59. The average Bonchev–Trinajstić information content (AvgIpc) is 3.27. The van der Waals surface area contributed by atoms with Gasteiger partial charge in [0.2, 0.25) is 5.91 Å². The van der Waals surface area contributed by atoms with Crippen molar-refractivity contribution in [2.45, 2.75) is 44.1 Å². The second-order valence-corrected chi connectivity index (χ2v) is 8.06. The summed E-state index contributed by atoms with van der Waals surface area (Å²) >= 11 is 0. The molecule has 2 saturated heterocycles. The van der Waals surface area contributed by atoms with Crippen LogP contribution in [0, 0.1) is 5.92 Å². The summed E-state index contributed by atoms with van der Waals surface area (Å²) in [5.41, 5.74) is 2.40. The molecular formula is C21H30N2O2. The van der Waals surface area contributed by atoms with Gasteiger partial charge in [-0.05, 0) is 43.5 Å². The van der Waals surface area contributed by atoms with Gasteiger partial charge in [-0.3, -0.25) is 9.69 Å². The highest BCUT2D eigenvalue weighted by Crippen LogP contribution is 2.38. The summed E-state index contributed by atoms with van der Waals surface area (Å²) < 4.78 is 5.32. The fraction of sp³-hybridized carbons (Fsp3) is 0.667. The van der Waals surface area contributed by atoms with E-state index in [1.807, 2.05) is 0 Å². The third-order valence-corrected chi connectivity index (χ3v) is 6.42. The zero-order chi connectivity index (χ0) is 17.3. The first kappa shape index (κ1) is 17.0. The molecule has 1 aliphatic carbocycles. The quantitative estimate of drug-likeness (QED) is 0.843. The average molecular weight is 342 g/mol. The third-order valence-electron chi connectivity index (χ3n) is 6.42. The van der Waals surface area contributed by atoms with Crippen molar-refractivity contribution in [1.82, 2.24) is 9.80 Å². The van der Waals surface area contributed by atoms with Gasteiger partial charge in [-0.1, -0.05) is 30.7 Å². The van der Waals surface area contributed by atoms with Crippen molar-refractivity contribution in [3.8, 4) is 0 Å². The van der Waals surface area contributed by atoms with Crippen molar-refractivity contribution in [2.24, 2.45) is 5.92 Å². The van der Waals surface area contributed by atoms with E-state index in [9.17, 15) is 4.79 Å². The summed E-state index contributed by atoms with van der Waals surface area (Å²) in [5, 5.41) is 0. The lowest BCUT2D eigenvalue weighted by atomic mass is 9.89. The Labute approximate surface area is 151 Å². The molecule has 3 aliphatic rings. The summed E-state index contributed by atoms with van der Waals surface area (Å²) in [6, 6.07) is 8.65. The number of likely N-dealkylation sites (tertiary alicyclic amines) is 2. The third kappa shape index (κ3) is 3.11. The monoisotopic (exact) mass is 342 g/mol. The molecule has 0 spiro atoms. The number of ether oxygens (including phenoxy) is 1. The number of amides is 1. The number of benzene rings is 1. The molecular weight excluding hydrogens is 312 g/mol. The van der Waals surface area contributed by atoms with Crippen LogP contribution in [0.2, 0.25) is 0 Å². The van der Waals surface area contributed by atoms with E-state index in [4.69, 9.17) is 4.74 Å². The number of rotatable bonds is 4. The molecule has 1 atom stereocenters. The molecule has 0 unspecified atom stereocenters. The standard InChI is InChI=1S/C21H30N2O2/c1-25-16-17-9-12-22(15-17)20(24)21(23-10-5-2-6-11-23)13-18-7-3-4-8-19(18)14-21/h3-4,7-8,17H,2,5-6,9-16H2,1H3/t17-/m0/s1. The number of nitrogens with zero attached hydrogens (tertiary/aromatic N) is 2. The van der Waals surface area contributed by atoms with Crippen LogP contribution in [0.25, 0.3) is 0 Å². The molecule has 4 rings (SSSR count). The molecule has 0 bridgehead atoms. The topological polar surface area (TPSA) is 32.8 Å². The number of fused-ring (bicyclic) bond motifs is 1. The van der Waals surface area contributed by atoms with Gasteiger partial charge in [-0.25, -0.2) is 0 Å². The highest BCUT2D eigenvalue weighted by atomic mass is 16.5. The largest absolute Gasteiger partial charge is 0.384 e. The maximum atomic E-state index is 13.7. The Hall–Kier alpha value is -1.39. The fourth-order valence-corrected chi connectivity index (χ4v) is 5.11. The lowest BCUT2D eigenvalue weighted by Crippen LogP contribution is -2.61. The van der Waals surface area contributed by atoms with Crippen molar-refractivity contribution in [2.75, 3.05) is 39.9 Å². The number of hydrogen-bond acceptors (Lipinski definition) is 3. The van der Waals surface area contributed by atoms with E-state index >= 15 is 0 Å². The minimum Gasteiger partial charge on any atom is -0.384 e. The second-order valence-electron chi connectivity index (χ2n) is 8.06. The maximum absolute atomic E-state index is 13.7. The van der Waals surface area contributed by atoms with Gasteiger partial charge in [0.25, 0.3) is 0 Å².